The second kappa shape index (κ2) is 5.81. The van der Waals surface area contributed by atoms with E-state index in [0.717, 1.165) is 28.0 Å². The number of benzene rings is 2. The first kappa shape index (κ1) is 13.4. The largest absolute Gasteiger partial charge is 0.497 e. The summed E-state index contributed by atoms with van der Waals surface area (Å²) in [6.45, 7) is 0.372. The summed E-state index contributed by atoms with van der Waals surface area (Å²) in [6.07, 6.45) is 1.76. The third kappa shape index (κ3) is 2.66. The number of nitrogens with zero attached hydrogens (tertiary/aromatic N) is 1. The molecule has 4 heteroatoms. The van der Waals surface area contributed by atoms with Gasteiger partial charge in [0, 0.05) is 29.8 Å². The predicted octanol–water partition coefficient (Wildman–Crippen LogP) is 3.49. The molecule has 0 aliphatic carbocycles. The van der Waals surface area contributed by atoms with Crippen LogP contribution in [-0.2, 0) is 6.54 Å². The number of rotatable bonds is 4. The molecule has 0 atom stereocenters. The van der Waals surface area contributed by atoms with Crippen molar-refractivity contribution < 1.29 is 9.47 Å². The van der Waals surface area contributed by atoms with Gasteiger partial charge in [-0.05, 0) is 24.3 Å². The van der Waals surface area contributed by atoms with E-state index in [-0.39, 0.29) is 0 Å². The minimum atomic E-state index is 0.372. The van der Waals surface area contributed by atoms with Crippen molar-refractivity contribution in [3.8, 4) is 17.2 Å². The van der Waals surface area contributed by atoms with Crippen molar-refractivity contribution in [3.05, 3.63) is 60.3 Å². The van der Waals surface area contributed by atoms with Crippen LogP contribution in [0.1, 0.15) is 5.56 Å². The molecular formula is C17H16N2O2. The Bertz CT molecular complexity index is 772. The van der Waals surface area contributed by atoms with Crippen LogP contribution in [0.5, 0.6) is 17.2 Å². The number of pyridine rings is 1. The maximum Gasteiger partial charge on any atom is 0.142 e. The molecule has 0 fully saturated rings. The highest BCUT2D eigenvalue weighted by atomic mass is 16.5. The molecule has 0 radical (unpaired) electrons. The third-order valence-electron chi connectivity index (χ3n) is 3.28. The van der Waals surface area contributed by atoms with E-state index < -0.39 is 0 Å². The maximum atomic E-state index is 6.06. The summed E-state index contributed by atoms with van der Waals surface area (Å²) in [5.41, 5.74) is 7.56. The van der Waals surface area contributed by atoms with E-state index in [1.54, 1.807) is 13.3 Å². The van der Waals surface area contributed by atoms with Crippen LogP contribution in [0.2, 0.25) is 0 Å². The van der Waals surface area contributed by atoms with E-state index in [9.17, 15) is 0 Å². The zero-order chi connectivity index (χ0) is 14.7. The lowest BCUT2D eigenvalue weighted by molar-refractivity contribution is 0.409. The average Bonchev–Trinajstić information content (AvgIpc) is 2.55. The summed E-state index contributed by atoms with van der Waals surface area (Å²) < 4.78 is 11.3. The second-order valence-corrected chi connectivity index (χ2v) is 4.61. The van der Waals surface area contributed by atoms with E-state index in [4.69, 9.17) is 15.2 Å². The van der Waals surface area contributed by atoms with Crippen molar-refractivity contribution in [2.45, 2.75) is 6.54 Å². The van der Waals surface area contributed by atoms with Gasteiger partial charge in [0.2, 0.25) is 0 Å². The van der Waals surface area contributed by atoms with E-state index in [1.165, 1.54) is 0 Å². The molecule has 106 valence electrons. The van der Waals surface area contributed by atoms with Gasteiger partial charge >= 0.3 is 0 Å². The quantitative estimate of drug-likeness (QED) is 0.794. The Hall–Kier alpha value is -2.59. The molecule has 3 aromatic rings. The van der Waals surface area contributed by atoms with Gasteiger partial charge in [0.25, 0.3) is 0 Å². The van der Waals surface area contributed by atoms with Crippen molar-refractivity contribution in [2.75, 3.05) is 7.11 Å². The Morgan fingerprint density at radius 3 is 2.67 bits per heavy atom. The highest BCUT2D eigenvalue weighted by Crippen LogP contribution is 2.33. The van der Waals surface area contributed by atoms with Crippen LogP contribution >= 0.6 is 0 Å². The van der Waals surface area contributed by atoms with Gasteiger partial charge in [0.15, 0.2) is 0 Å². The molecule has 0 saturated heterocycles. The molecule has 0 unspecified atom stereocenters. The highest BCUT2D eigenvalue weighted by Gasteiger charge is 2.10. The molecular weight excluding hydrogens is 264 g/mol. The molecule has 3 rings (SSSR count). The topological polar surface area (TPSA) is 57.4 Å². The van der Waals surface area contributed by atoms with Gasteiger partial charge in [-0.25, -0.2) is 0 Å². The molecule has 0 aliphatic rings. The summed E-state index contributed by atoms with van der Waals surface area (Å²) >= 11 is 0. The van der Waals surface area contributed by atoms with Gasteiger partial charge in [-0.3, -0.25) is 4.98 Å². The second-order valence-electron chi connectivity index (χ2n) is 4.61. The van der Waals surface area contributed by atoms with Gasteiger partial charge in [0.05, 0.1) is 12.6 Å². The Morgan fingerprint density at radius 2 is 1.86 bits per heavy atom. The van der Waals surface area contributed by atoms with Crippen LogP contribution in [0.4, 0.5) is 0 Å². The lowest BCUT2D eigenvalue weighted by atomic mass is 10.1. The first-order valence-electron chi connectivity index (χ1n) is 6.70. The fourth-order valence-corrected chi connectivity index (χ4v) is 2.21. The molecule has 2 aromatic carbocycles. The fraction of sp³-hybridized carbons (Fsp3) is 0.118. The maximum absolute atomic E-state index is 6.06. The van der Waals surface area contributed by atoms with E-state index >= 15 is 0 Å². The van der Waals surface area contributed by atoms with Crippen molar-refractivity contribution >= 4 is 10.9 Å². The SMILES string of the molecule is COc1cccc(Oc2c(CN)cnc3ccccc23)c1. The predicted molar refractivity (Wildman–Crippen MR) is 82.7 cm³/mol. The molecule has 1 heterocycles. The summed E-state index contributed by atoms with van der Waals surface area (Å²) in [7, 11) is 1.63. The lowest BCUT2D eigenvalue weighted by Crippen LogP contribution is -2.01. The van der Waals surface area contributed by atoms with Gasteiger partial charge in [-0.15, -0.1) is 0 Å². The molecule has 4 nitrogen and oxygen atoms in total. The number of hydrogen-bond donors (Lipinski definition) is 1. The van der Waals surface area contributed by atoms with Crippen molar-refractivity contribution in [3.63, 3.8) is 0 Å². The number of hydrogen-bond acceptors (Lipinski definition) is 4. The number of methoxy groups -OCH3 is 1. The Labute approximate surface area is 123 Å². The fourth-order valence-electron chi connectivity index (χ4n) is 2.21. The highest BCUT2D eigenvalue weighted by molar-refractivity contribution is 5.86. The molecule has 0 amide bonds. The molecule has 0 saturated carbocycles. The van der Waals surface area contributed by atoms with E-state index in [0.29, 0.717) is 12.3 Å². The van der Waals surface area contributed by atoms with Crippen molar-refractivity contribution in [1.29, 1.82) is 0 Å². The summed E-state index contributed by atoms with van der Waals surface area (Å²) in [5.74, 6) is 2.21. The number of nitrogens with two attached hydrogens (primary N) is 1. The number of aromatic nitrogens is 1. The smallest absolute Gasteiger partial charge is 0.142 e. The summed E-state index contributed by atoms with van der Waals surface area (Å²) in [5, 5.41) is 0.947. The van der Waals surface area contributed by atoms with Crippen LogP contribution in [0.3, 0.4) is 0 Å². The zero-order valence-electron chi connectivity index (χ0n) is 11.7. The first-order valence-corrected chi connectivity index (χ1v) is 6.70. The third-order valence-corrected chi connectivity index (χ3v) is 3.28. The van der Waals surface area contributed by atoms with E-state index in [2.05, 4.69) is 4.98 Å². The Balaban J connectivity index is 2.09. The summed E-state index contributed by atoms with van der Waals surface area (Å²) in [4.78, 5) is 4.40. The van der Waals surface area contributed by atoms with Crippen LogP contribution in [-0.4, -0.2) is 12.1 Å². The molecule has 2 N–H and O–H groups in total. The van der Waals surface area contributed by atoms with Gasteiger partial charge in [-0.1, -0.05) is 18.2 Å². The molecule has 0 spiro atoms. The minimum Gasteiger partial charge on any atom is -0.497 e. The van der Waals surface area contributed by atoms with Crippen molar-refractivity contribution in [2.24, 2.45) is 5.73 Å². The van der Waals surface area contributed by atoms with Gasteiger partial charge in [0.1, 0.15) is 17.2 Å². The van der Waals surface area contributed by atoms with Gasteiger partial charge in [-0.2, -0.15) is 0 Å². The molecule has 0 bridgehead atoms. The van der Waals surface area contributed by atoms with Crippen molar-refractivity contribution in [1.82, 2.24) is 4.98 Å². The number of para-hydroxylation sites is 1. The monoisotopic (exact) mass is 280 g/mol. The molecule has 21 heavy (non-hydrogen) atoms. The standard InChI is InChI=1S/C17H16N2O2/c1-20-13-5-4-6-14(9-13)21-17-12(10-18)11-19-16-8-3-2-7-15(16)17/h2-9,11H,10,18H2,1H3. The molecule has 1 aromatic heterocycles. The minimum absolute atomic E-state index is 0.372. The Morgan fingerprint density at radius 1 is 1.05 bits per heavy atom. The normalized spacial score (nSPS) is 10.6. The van der Waals surface area contributed by atoms with E-state index in [1.807, 2.05) is 48.5 Å². The van der Waals surface area contributed by atoms with Crippen LogP contribution < -0.4 is 15.2 Å². The van der Waals surface area contributed by atoms with Crippen LogP contribution in [0.15, 0.2) is 54.7 Å². The first-order chi connectivity index (χ1) is 10.3. The number of fused-ring (bicyclic) bond motifs is 1. The number of ether oxygens (including phenoxy) is 2. The van der Waals surface area contributed by atoms with Gasteiger partial charge < -0.3 is 15.2 Å². The average molecular weight is 280 g/mol. The summed E-state index contributed by atoms with van der Waals surface area (Å²) in [6, 6.07) is 15.3. The zero-order valence-corrected chi connectivity index (χ0v) is 11.7. The van der Waals surface area contributed by atoms with Crippen LogP contribution in [0.25, 0.3) is 10.9 Å². The van der Waals surface area contributed by atoms with Crippen LogP contribution in [0, 0.1) is 0 Å². The molecule has 0 aliphatic heterocycles. The Kier molecular flexibility index (Phi) is 3.71. The lowest BCUT2D eigenvalue weighted by Gasteiger charge is -2.13.